The summed E-state index contributed by atoms with van der Waals surface area (Å²) in [6, 6.07) is 9.59. The Balaban J connectivity index is 2.10. The summed E-state index contributed by atoms with van der Waals surface area (Å²) in [6.45, 7) is 0. The molecule has 0 saturated carbocycles. The smallest absolute Gasteiger partial charge is 0.343 e. The minimum absolute atomic E-state index is 0.0719. The van der Waals surface area contributed by atoms with Crippen LogP contribution in [0.25, 0.3) is 11.8 Å². The number of aromatic nitrogens is 1. The van der Waals surface area contributed by atoms with E-state index in [2.05, 4.69) is 0 Å². The highest BCUT2D eigenvalue weighted by Gasteiger charge is 2.19. The molecule has 1 aromatic heterocycles. The van der Waals surface area contributed by atoms with Gasteiger partial charge < -0.3 is 28.9 Å². The second-order valence-electron chi connectivity index (χ2n) is 6.77. The van der Waals surface area contributed by atoms with Crippen molar-refractivity contribution in [3.8, 4) is 23.0 Å². The zero-order valence-corrected chi connectivity index (χ0v) is 20.3. The van der Waals surface area contributed by atoms with E-state index >= 15 is 0 Å². The molecule has 0 aliphatic carbocycles. The van der Waals surface area contributed by atoms with E-state index in [0.29, 0.717) is 38.9 Å². The molecular formula is C24H21Cl2NO7. The van der Waals surface area contributed by atoms with E-state index in [1.165, 1.54) is 40.6 Å². The molecule has 0 saturated heterocycles. The van der Waals surface area contributed by atoms with E-state index < -0.39 is 5.97 Å². The van der Waals surface area contributed by atoms with Gasteiger partial charge in [-0.3, -0.25) is 0 Å². The molecule has 0 fully saturated rings. The Hall–Kier alpha value is -3.62. The summed E-state index contributed by atoms with van der Waals surface area (Å²) in [5.74, 6) is 1.15. The van der Waals surface area contributed by atoms with E-state index in [1.807, 2.05) is 0 Å². The van der Waals surface area contributed by atoms with Crippen LogP contribution in [0, 0.1) is 5.21 Å². The first-order valence-electron chi connectivity index (χ1n) is 9.77. The molecule has 0 bridgehead atoms. The molecule has 2 aromatic carbocycles. The summed E-state index contributed by atoms with van der Waals surface area (Å²) in [4.78, 5) is 13.1. The maximum absolute atomic E-state index is 13.1. The second kappa shape index (κ2) is 11.0. The van der Waals surface area contributed by atoms with Crippen molar-refractivity contribution < 1.29 is 33.2 Å². The van der Waals surface area contributed by atoms with E-state index in [1.54, 1.807) is 30.3 Å². The first-order chi connectivity index (χ1) is 16.3. The number of halogens is 2. The molecule has 0 spiro atoms. The Kier molecular flexibility index (Phi) is 8.09. The minimum atomic E-state index is -0.677. The normalized spacial score (nSPS) is 11.1. The number of hydrogen-bond acceptors (Lipinski definition) is 7. The third-order valence-corrected chi connectivity index (χ3v) is 5.36. The van der Waals surface area contributed by atoms with Crippen LogP contribution in [0.3, 0.4) is 0 Å². The van der Waals surface area contributed by atoms with Crippen LogP contribution in [0.15, 0.2) is 48.8 Å². The zero-order valence-electron chi connectivity index (χ0n) is 18.8. The molecule has 0 radical (unpaired) electrons. The zero-order chi connectivity index (χ0) is 24.8. The summed E-state index contributed by atoms with van der Waals surface area (Å²) in [5.41, 5.74) is 0.976. The van der Waals surface area contributed by atoms with Gasteiger partial charge in [-0.1, -0.05) is 23.2 Å². The number of carbonyl (C=O) groups excluding carboxylic acids is 1. The Labute approximate surface area is 206 Å². The number of rotatable bonds is 8. The predicted molar refractivity (Wildman–Crippen MR) is 128 cm³/mol. The third kappa shape index (κ3) is 5.47. The summed E-state index contributed by atoms with van der Waals surface area (Å²) in [7, 11) is 5.95. The molecule has 34 heavy (non-hydrogen) atoms. The van der Waals surface area contributed by atoms with Crippen LogP contribution in [0.5, 0.6) is 23.0 Å². The average Bonchev–Trinajstić information content (AvgIpc) is 2.84. The van der Waals surface area contributed by atoms with Crippen LogP contribution >= 0.6 is 23.2 Å². The van der Waals surface area contributed by atoms with Crippen molar-refractivity contribution in [1.82, 2.24) is 0 Å². The van der Waals surface area contributed by atoms with Crippen LogP contribution in [0.2, 0.25) is 10.0 Å². The van der Waals surface area contributed by atoms with Gasteiger partial charge in [0.2, 0.25) is 0 Å². The fraction of sp³-hybridized carbons (Fsp3) is 0.167. The van der Waals surface area contributed by atoms with Gasteiger partial charge in [-0.25, -0.2) is 4.79 Å². The lowest BCUT2D eigenvalue weighted by atomic mass is 10.1. The van der Waals surface area contributed by atoms with E-state index in [-0.39, 0.29) is 21.4 Å². The molecule has 0 amide bonds. The Morgan fingerprint density at radius 3 is 1.76 bits per heavy atom. The van der Waals surface area contributed by atoms with Crippen molar-refractivity contribution in [1.29, 1.82) is 0 Å². The molecule has 3 rings (SSSR count). The number of benzene rings is 2. The highest BCUT2D eigenvalue weighted by molar-refractivity contribution is 6.37. The molecule has 10 heteroatoms. The van der Waals surface area contributed by atoms with Gasteiger partial charge in [0.1, 0.15) is 15.8 Å². The van der Waals surface area contributed by atoms with Crippen LogP contribution < -0.4 is 23.7 Å². The van der Waals surface area contributed by atoms with E-state index in [4.69, 9.17) is 46.9 Å². The number of carbonyl (C=O) groups is 1. The SMILES string of the molecule is COc1ccc(C(=O)OC(=Cc2c(Cl)c[n+]([O-])cc2Cl)c2ccc(OC)c(OC)c2)cc1OC. The van der Waals surface area contributed by atoms with Crippen molar-refractivity contribution in [3.63, 3.8) is 0 Å². The number of methoxy groups -OCH3 is 4. The lowest BCUT2D eigenvalue weighted by Gasteiger charge is -2.14. The van der Waals surface area contributed by atoms with Crippen molar-refractivity contribution in [2.45, 2.75) is 0 Å². The Morgan fingerprint density at radius 2 is 1.26 bits per heavy atom. The Bertz CT molecular complexity index is 1220. The molecule has 178 valence electrons. The minimum Gasteiger partial charge on any atom is -0.619 e. The number of ether oxygens (including phenoxy) is 5. The van der Waals surface area contributed by atoms with E-state index in [0.717, 1.165) is 12.4 Å². The summed E-state index contributed by atoms with van der Waals surface area (Å²) in [5, 5.41) is 11.8. The van der Waals surface area contributed by atoms with Crippen LogP contribution in [-0.2, 0) is 4.74 Å². The first kappa shape index (κ1) is 25.0. The fourth-order valence-corrected chi connectivity index (χ4v) is 3.62. The number of pyridine rings is 1. The topological polar surface area (TPSA) is 90.2 Å². The largest absolute Gasteiger partial charge is 0.619 e. The van der Waals surface area contributed by atoms with Crippen LogP contribution in [-0.4, -0.2) is 34.4 Å². The monoisotopic (exact) mass is 505 g/mol. The first-order valence-corrected chi connectivity index (χ1v) is 10.5. The van der Waals surface area contributed by atoms with E-state index in [9.17, 15) is 10.0 Å². The van der Waals surface area contributed by atoms with Crippen LogP contribution in [0.4, 0.5) is 0 Å². The maximum atomic E-state index is 13.1. The number of nitrogens with zero attached hydrogens (tertiary/aromatic N) is 1. The lowest BCUT2D eigenvalue weighted by molar-refractivity contribution is -0.605. The molecule has 0 N–H and O–H groups in total. The van der Waals surface area contributed by atoms with Gasteiger partial charge >= 0.3 is 5.97 Å². The van der Waals surface area contributed by atoms with Gasteiger partial charge in [0.05, 0.1) is 34.0 Å². The molecule has 8 nitrogen and oxygen atoms in total. The molecule has 0 aliphatic heterocycles. The van der Waals surface area contributed by atoms with Gasteiger partial charge in [0.25, 0.3) is 0 Å². The summed E-state index contributed by atoms with van der Waals surface area (Å²) >= 11 is 12.5. The number of esters is 1. The average molecular weight is 506 g/mol. The Morgan fingerprint density at radius 1 is 0.794 bits per heavy atom. The molecular weight excluding hydrogens is 485 g/mol. The highest BCUT2D eigenvalue weighted by atomic mass is 35.5. The van der Waals surface area contributed by atoms with Crippen molar-refractivity contribution >= 4 is 41.0 Å². The van der Waals surface area contributed by atoms with Crippen molar-refractivity contribution in [2.24, 2.45) is 0 Å². The van der Waals surface area contributed by atoms with Gasteiger partial charge in [-0.15, -0.1) is 0 Å². The molecule has 0 atom stereocenters. The predicted octanol–water partition coefficient (Wildman–Crippen LogP) is 5.02. The maximum Gasteiger partial charge on any atom is 0.343 e. The second-order valence-corrected chi connectivity index (χ2v) is 7.58. The fourth-order valence-electron chi connectivity index (χ4n) is 3.07. The third-order valence-electron chi connectivity index (χ3n) is 4.76. The molecule has 0 unspecified atom stereocenters. The van der Waals surface area contributed by atoms with Gasteiger partial charge in [0, 0.05) is 11.1 Å². The quantitative estimate of drug-likeness (QED) is 0.184. The van der Waals surface area contributed by atoms with Crippen LogP contribution in [0.1, 0.15) is 21.5 Å². The van der Waals surface area contributed by atoms with Gasteiger partial charge in [0.15, 0.2) is 35.4 Å². The summed E-state index contributed by atoms with van der Waals surface area (Å²) < 4.78 is 27.3. The standard InChI is InChI=1S/C24H21Cl2NO7/c1-30-19-7-5-14(9-22(19)32-3)21(11-16-17(25)12-27(29)13-18(16)26)34-24(28)15-6-8-20(31-2)23(10-15)33-4/h5-13H,1-4H3. The van der Waals surface area contributed by atoms with Crippen molar-refractivity contribution in [3.05, 3.63) is 80.7 Å². The van der Waals surface area contributed by atoms with Gasteiger partial charge in [-0.2, -0.15) is 4.73 Å². The summed E-state index contributed by atoms with van der Waals surface area (Å²) in [6.07, 6.45) is 3.74. The molecule has 3 aromatic rings. The molecule has 0 aliphatic rings. The van der Waals surface area contributed by atoms with Gasteiger partial charge in [-0.05, 0) is 42.5 Å². The highest BCUT2D eigenvalue weighted by Crippen LogP contribution is 2.34. The molecule has 1 heterocycles. The number of hydrogen-bond donors (Lipinski definition) is 0. The van der Waals surface area contributed by atoms with Crippen molar-refractivity contribution in [2.75, 3.05) is 28.4 Å². The lowest BCUT2D eigenvalue weighted by Crippen LogP contribution is -2.24.